The lowest BCUT2D eigenvalue weighted by Gasteiger charge is -2.17. The molecule has 156 valence electrons. The van der Waals surface area contributed by atoms with Crippen LogP contribution in [0.25, 0.3) is 22.2 Å². The molecule has 3 aromatic carbocycles. The molecule has 1 atom stereocenters. The minimum Gasteiger partial charge on any atom is -0.354 e. The zero-order chi connectivity index (χ0) is 21.8. The van der Waals surface area contributed by atoms with Gasteiger partial charge in [0, 0.05) is 27.9 Å². The van der Waals surface area contributed by atoms with Crippen LogP contribution in [-0.2, 0) is 4.79 Å². The second kappa shape index (κ2) is 8.83. The van der Waals surface area contributed by atoms with Gasteiger partial charge in [0.2, 0.25) is 12.5 Å². The molecule has 4 rings (SSSR count). The summed E-state index contributed by atoms with van der Waals surface area (Å²) in [6, 6.07) is 25.0. The van der Waals surface area contributed by atoms with E-state index in [1.54, 1.807) is 13.0 Å². The van der Waals surface area contributed by atoms with Gasteiger partial charge in [-0.15, -0.1) is 0 Å². The highest BCUT2D eigenvalue weighted by Crippen LogP contribution is 2.39. The number of H-pyrrole nitrogens is 1. The third-order valence-corrected chi connectivity index (χ3v) is 5.38. The van der Waals surface area contributed by atoms with Crippen LogP contribution < -0.4 is 5.32 Å². The number of nitrogens with zero attached hydrogens (tertiary/aromatic N) is 1. The van der Waals surface area contributed by atoms with Gasteiger partial charge in [-0.3, -0.25) is 14.9 Å². The number of amides is 1. The van der Waals surface area contributed by atoms with Crippen LogP contribution in [0.15, 0.2) is 78.9 Å². The minimum absolute atomic E-state index is 0.0972. The van der Waals surface area contributed by atoms with E-state index in [-0.39, 0.29) is 17.4 Å². The monoisotopic (exact) mass is 413 g/mol. The van der Waals surface area contributed by atoms with Crippen molar-refractivity contribution in [1.29, 1.82) is 0 Å². The van der Waals surface area contributed by atoms with E-state index < -0.39 is 5.92 Å². The fraction of sp³-hybridized carbons (Fsp3) is 0.160. The molecule has 0 radical (unpaired) electrons. The van der Waals surface area contributed by atoms with Crippen molar-refractivity contribution in [3.8, 4) is 11.3 Å². The van der Waals surface area contributed by atoms with Crippen molar-refractivity contribution in [3.63, 3.8) is 0 Å². The number of para-hydroxylation sites is 1. The van der Waals surface area contributed by atoms with E-state index in [1.807, 2.05) is 72.8 Å². The van der Waals surface area contributed by atoms with Crippen molar-refractivity contribution < 1.29 is 9.72 Å². The standard InChI is InChI=1S/C25H23N3O3/c1-2-23(29)26-19-12-8-11-18(15-19)21(16-28(30)31)24-20-13-6-7-14-22(20)27-25(24)17-9-4-3-5-10-17/h3-15,21,27H,2,16H2,1H3,(H,26,29). The lowest BCUT2D eigenvalue weighted by atomic mass is 9.87. The van der Waals surface area contributed by atoms with Crippen LogP contribution in [-0.4, -0.2) is 22.4 Å². The third kappa shape index (κ3) is 4.33. The van der Waals surface area contributed by atoms with Gasteiger partial charge >= 0.3 is 0 Å². The third-order valence-electron chi connectivity index (χ3n) is 5.38. The molecule has 1 aromatic heterocycles. The topological polar surface area (TPSA) is 88.0 Å². The summed E-state index contributed by atoms with van der Waals surface area (Å²) in [7, 11) is 0. The molecule has 31 heavy (non-hydrogen) atoms. The minimum atomic E-state index is -0.486. The van der Waals surface area contributed by atoms with E-state index in [9.17, 15) is 14.9 Å². The van der Waals surface area contributed by atoms with Crippen LogP contribution in [0.3, 0.4) is 0 Å². The predicted molar refractivity (Wildman–Crippen MR) is 123 cm³/mol. The number of hydrogen-bond donors (Lipinski definition) is 2. The van der Waals surface area contributed by atoms with Gasteiger partial charge in [-0.1, -0.05) is 67.6 Å². The zero-order valence-electron chi connectivity index (χ0n) is 17.2. The molecule has 4 aromatic rings. The van der Waals surface area contributed by atoms with Crippen LogP contribution in [0, 0.1) is 10.1 Å². The quantitative estimate of drug-likeness (QED) is 0.306. The molecule has 0 bridgehead atoms. The SMILES string of the molecule is CCC(=O)Nc1cccc(C(C[N+](=O)[O-])c2c(-c3ccccc3)[nH]c3ccccc23)c1. The largest absolute Gasteiger partial charge is 0.354 e. The highest BCUT2D eigenvalue weighted by atomic mass is 16.6. The van der Waals surface area contributed by atoms with E-state index in [2.05, 4.69) is 10.3 Å². The summed E-state index contributed by atoms with van der Waals surface area (Å²) in [6.07, 6.45) is 0.364. The Morgan fingerprint density at radius 3 is 2.52 bits per heavy atom. The van der Waals surface area contributed by atoms with Crippen LogP contribution in [0.5, 0.6) is 0 Å². The van der Waals surface area contributed by atoms with Gasteiger partial charge in [0.15, 0.2) is 0 Å². The van der Waals surface area contributed by atoms with E-state index in [0.717, 1.165) is 33.3 Å². The zero-order valence-corrected chi connectivity index (χ0v) is 17.2. The average Bonchev–Trinajstić information content (AvgIpc) is 3.17. The maximum Gasteiger partial charge on any atom is 0.224 e. The Morgan fingerprint density at radius 1 is 1.03 bits per heavy atom. The summed E-state index contributed by atoms with van der Waals surface area (Å²) in [4.78, 5) is 26.7. The van der Waals surface area contributed by atoms with Gasteiger partial charge in [0.05, 0.1) is 11.6 Å². The average molecular weight is 413 g/mol. The first-order valence-electron chi connectivity index (χ1n) is 10.2. The number of hydrogen-bond acceptors (Lipinski definition) is 3. The van der Waals surface area contributed by atoms with Crippen LogP contribution in [0.2, 0.25) is 0 Å². The highest BCUT2D eigenvalue weighted by Gasteiger charge is 2.27. The molecule has 0 aliphatic carbocycles. The van der Waals surface area contributed by atoms with Gasteiger partial charge in [0.25, 0.3) is 0 Å². The van der Waals surface area contributed by atoms with Gasteiger partial charge < -0.3 is 10.3 Å². The lowest BCUT2D eigenvalue weighted by Crippen LogP contribution is -2.15. The van der Waals surface area contributed by atoms with E-state index >= 15 is 0 Å². The number of benzene rings is 3. The Hall–Kier alpha value is -3.93. The Labute approximate surface area is 180 Å². The molecule has 1 unspecified atom stereocenters. The molecule has 0 spiro atoms. The first-order valence-corrected chi connectivity index (χ1v) is 10.2. The molecule has 0 fully saturated rings. The fourth-order valence-corrected chi connectivity index (χ4v) is 3.95. The Bertz CT molecular complexity index is 1230. The molecule has 0 aliphatic heterocycles. The number of aromatic amines is 1. The van der Waals surface area contributed by atoms with Crippen molar-refractivity contribution in [2.45, 2.75) is 19.3 Å². The molecule has 0 aliphatic rings. The molecule has 1 heterocycles. The van der Waals surface area contributed by atoms with Crippen molar-refractivity contribution in [2.75, 3.05) is 11.9 Å². The van der Waals surface area contributed by atoms with Gasteiger partial charge in [-0.2, -0.15) is 0 Å². The molecular weight excluding hydrogens is 390 g/mol. The molecule has 0 saturated carbocycles. The van der Waals surface area contributed by atoms with Gasteiger partial charge in [-0.05, 0) is 34.9 Å². The van der Waals surface area contributed by atoms with Crippen molar-refractivity contribution in [3.05, 3.63) is 100 Å². The van der Waals surface area contributed by atoms with E-state index in [1.165, 1.54) is 0 Å². The molecule has 6 nitrogen and oxygen atoms in total. The van der Waals surface area contributed by atoms with Crippen molar-refractivity contribution >= 4 is 22.5 Å². The normalized spacial score (nSPS) is 11.9. The maximum atomic E-state index is 11.9. The number of carbonyl (C=O) groups excluding carboxylic acids is 1. The summed E-state index contributed by atoms with van der Waals surface area (Å²) in [5.41, 5.74) is 5.08. The Kier molecular flexibility index (Phi) is 5.80. The highest BCUT2D eigenvalue weighted by molar-refractivity contribution is 5.92. The van der Waals surface area contributed by atoms with Crippen LogP contribution >= 0.6 is 0 Å². The van der Waals surface area contributed by atoms with E-state index in [4.69, 9.17) is 0 Å². The van der Waals surface area contributed by atoms with E-state index in [0.29, 0.717) is 12.1 Å². The van der Waals surface area contributed by atoms with Crippen LogP contribution in [0.1, 0.15) is 30.4 Å². The summed E-state index contributed by atoms with van der Waals surface area (Å²) in [5, 5.41) is 15.5. The van der Waals surface area contributed by atoms with Gasteiger partial charge in [0.1, 0.15) is 0 Å². The number of rotatable bonds is 7. The second-order valence-corrected chi connectivity index (χ2v) is 7.42. The van der Waals surface area contributed by atoms with Gasteiger partial charge in [-0.25, -0.2) is 0 Å². The van der Waals surface area contributed by atoms with Crippen molar-refractivity contribution in [2.24, 2.45) is 0 Å². The summed E-state index contributed by atoms with van der Waals surface area (Å²) in [6.45, 7) is 1.53. The smallest absolute Gasteiger partial charge is 0.224 e. The number of fused-ring (bicyclic) bond motifs is 1. The number of nitrogens with one attached hydrogen (secondary N) is 2. The maximum absolute atomic E-state index is 11.9. The van der Waals surface area contributed by atoms with Crippen LogP contribution in [0.4, 0.5) is 5.69 Å². The number of anilines is 1. The first-order chi connectivity index (χ1) is 15.1. The summed E-state index contributed by atoms with van der Waals surface area (Å²) < 4.78 is 0. The molecular formula is C25H23N3O3. The Balaban J connectivity index is 1.91. The molecule has 1 amide bonds. The molecule has 0 saturated heterocycles. The predicted octanol–water partition coefficient (Wildman–Crippen LogP) is 5.59. The summed E-state index contributed by atoms with van der Waals surface area (Å²) in [5.74, 6) is -0.583. The molecule has 6 heteroatoms. The number of nitro groups is 1. The molecule has 2 N–H and O–H groups in total. The number of aromatic nitrogens is 1. The summed E-state index contributed by atoms with van der Waals surface area (Å²) >= 11 is 0. The first kappa shape index (κ1) is 20.3. The van der Waals surface area contributed by atoms with Crippen molar-refractivity contribution in [1.82, 2.24) is 4.98 Å². The number of carbonyl (C=O) groups is 1. The fourth-order valence-electron chi connectivity index (χ4n) is 3.95. The lowest BCUT2D eigenvalue weighted by molar-refractivity contribution is -0.481. The second-order valence-electron chi connectivity index (χ2n) is 7.42. The Morgan fingerprint density at radius 2 is 1.77 bits per heavy atom.